The number of carbonyl (C=O) groups is 2. The van der Waals surface area contributed by atoms with Gasteiger partial charge in [-0.3, -0.25) is 9.59 Å². The van der Waals surface area contributed by atoms with E-state index in [0.29, 0.717) is 0 Å². The Hall–Kier alpha value is -2.08. The molecule has 2 aromatic rings. The highest BCUT2D eigenvalue weighted by Gasteiger charge is 2.08. The van der Waals surface area contributed by atoms with E-state index in [1.807, 2.05) is 16.8 Å². The van der Waals surface area contributed by atoms with Crippen LogP contribution in [0.3, 0.4) is 0 Å². The van der Waals surface area contributed by atoms with Gasteiger partial charge in [-0.25, -0.2) is 0 Å². The SMILES string of the molecule is O=C(CCNC(=O)c1ccco1)Nc1ccsc1. The number of nitrogens with one attached hydrogen (secondary N) is 2. The number of amides is 2. The second-order valence-corrected chi connectivity index (χ2v) is 4.32. The molecule has 0 aromatic carbocycles. The molecule has 2 heterocycles. The highest BCUT2D eigenvalue weighted by molar-refractivity contribution is 7.08. The van der Waals surface area contributed by atoms with Crippen molar-refractivity contribution in [2.45, 2.75) is 6.42 Å². The van der Waals surface area contributed by atoms with Gasteiger partial charge in [-0.05, 0) is 23.6 Å². The summed E-state index contributed by atoms with van der Waals surface area (Å²) < 4.78 is 4.93. The van der Waals surface area contributed by atoms with Crippen molar-refractivity contribution in [2.24, 2.45) is 0 Å². The van der Waals surface area contributed by atoms with E-state index in [9.17, 15) is 9.59 Å². The molecule has 0 aliphatic rings. The van der Waals surface area contributed by atoms with Gasteiger partial charge in [0.1, 0.15) is 0 Å². The molecule has 2 rings (SSSR count). The minimum atomic E-state index is -0.316. The molecule has 0 unspecified atom stereocenters. The van der Waals surface area contributed by atoms with Gasteiger partial charge in [0, 0.05) is 18.3 Å². The first-order valence-corrected chi connectivity index (χ1v) is 6.34. The van der Waals surface area contributed by atoms with Gasteiger partial charge < -0.3 is 15.1 Å². The van der Waals surface area contributed by atoms with Gasteiger partial charge in [0.2, 0.25) is 5.91 Å². The first-order chi connectivity index (χ1) is 8.75. The molecule has 0 aliphatic heterocycles. The summed E-state index contributed by atoms with van der Waals surface area (Å²) in [6.07, 6.45) is 1.65. The molecule has 0 bridgehead atoms. The normalized spacial score (nSPS) is 10.0. The van der Waals surface area contributed by atoms with E-state index in [4.69, 9.17) is 4.42 Å². The average molecular weight is 264 g/mol. The van der Waals surface area contributed by atoms with Crippen molar-refractivity contribution >= 4 is 28.8 Å². The van der Waals surface area contributed by atoms with Crippen molar-refractivity contribution in [3.05, 3.63) is 41.0 Å². The molecule has 0 aliphatic carbocycles. The van der Waals surface area contributed by atoms with E-state index in [1.54, 1.807) is 12.1 Å². The first-order valence-electron chi connectivity index (χ1n) is 5.39. The quantitative estimate of drug-likeness (QED) is 0.868. The second kappa shape index (κ2) is 6.02. The van der Waals surface area contributed by atoms with Gasteiger partial charge in [-0.2, -0.15) is 11.3 Å². The molecule has 18 heavy (non-hydrogen) atoms. The number of rotatable bonds is 5. The maximum atomic E-state index is 11.5. The Morgan fingerprint density at radius 3 is 2.89 bits per heavy atom. The molecular weight excluding hydrogens is 252 g/mol. The summed E-state index contributed by atoms with van der Waals surface area (Å²) in [7, 11) is 0. The van der Waals surface area contributed by atoms with Crippen molar-refractivity contribution in [1.29, 1.82) is 0 Å². The van der Waals surface area contributed by atoms with Crippen molar-refractivity contribution in [2.75, 3.05) is 11.9 Å². The van der Waals surface area contributed by atoms with Crippen LogP contribution in [0.1, 0.15) is 17.0 Å². The van der Waals surface area contributed by atoms with Gasteiger partial charge >= 0.3 is 0 Å². The van der Waals surface area contributed by atoms with Gasteiger partial charge in [0.05, 0.1) is 12.0 Å². The van der Waals surface area contributed by atoms with Crippen molar-refractivity contribution in [3.8, 4) is 0 Å². The Balaban J connectivity index is 1.69. The van der Waals surface area contributed by atoms with Crippen molar-refractivity contribution in [3.63, 3.8) is 0 Å². The van der Waals surface area contributed by atoms with Crippen LogP contribution in [0.15, 0.2) is 39.6 Å². The highest BCUT2D eigenvalue weighted by atomic mass is 32.1. The molecule has 2 amide bonds. The van der Waals surface area contributed by atoms with Gasteiger partial charge in [-0.15, -0.1) is 0 Å². The fourth-order valence-electron chi connectivity index (χ4n) is 1.34. The Bertz CT molecular complexity index is 505. The van der Waals surface area contributed by atoms with E-state index in [-0.39, 0.29) is 30.5 Å². The van der Waals surface area contributed by atoms with Gasteiger partial charge in [0.25, 0.3) is 5.91 Å². The second-order valence-electron chi connectivity index (χ2n) is 3.54. The summed E-state index contributed by atoms with van der Waals surface area (Å²) in [4.78, 5) is 23.0. The minimum absolute atomic E-state index is 0.131. The average Bonchev–Trinajstić information content (AvgIpc) is 3.00. The van der Waals surface area contributed by atoms with E-state index in [1.165, 1.54) is 17.6 Å². The lowest BCUT2D eigenvalue weighted by atomic mass is 10.3. The largest absolute Gasteiger partial charge is 0.459 e. The first kappa shape index (κ1) is 12.4. The Kier molecular flexibility index (Phi) is 4.14. The zero-order valence-electron chi connectivity index (χ0n) is 9.51. The number of hydrogen-bond donors (Lipinski definition) is 2. The van der Waals surface area contributed by atoms with Crippen molar-refractivity contribution < 1.29 is 14.0 Å². The lowest BCUT2D eigenvalue weighted by Gasteiger charge is -2.04. The molecular formula is C12H12N2O3S. The number of furan rings is 1. The molecule has 2 N–H and O–H groups in total. The lowest BCUT2D eigenvalue weighted by molar-refractivity contribution is -0.116. The van der Waals surface area contributed by atoms with Crippen LogP contribution in [-0.2, 0) is 4.79 Å². The standard InChI is InChI=1S/C12H12N2O3S/c15-11(14-9-4-7-18-8-9)3-5-13-12(16)10-2-1-6-17-10/h1-2,4,6-8H,3,5H2,(H,13,16)(H,14,15). The number of carbonyl (C=O) groups excluding carboxylic acids is 2. The molecule has 6 heteroatoms. The van der Waals surface area contributed by atoms with Gasteiger partial charge in [0.15, 0.2) is 5.76 Å². The van der Waals surface area contributed by atoms with Crippen LogP contribution < -0.4 is 10.6 Å². The van der Waals surface area contributed by atoms with Crippen LogP contribution in [-0.4, -0.2) is 18.4 Å². The smallest absolute Gasteiger partial charge is 0.286 e. The maximum absolute atomic E-state index is 11.5. The third-order valence-electron chi connectivity index (χ3n) is 2.19. The van der Waals surface area contributed by atoms with E-state index in [2.05, 4.69) is 10.6 Å². The van der Waals surface area contributed by atoms with E-state index >= 15 is 0 Å². The molecule has 0 fully saturated rings. The summed E-state index contributed by atoms with van der Waals surface area (Å²) in [6.45, 7) is 0.273. The Morgan fingerprint density at radius 1 is 1.33 bits per heavy atom. The molecule has 0 saturated heterocycles. The topological polar surface area (TPSA) is 71.3 Å². The van der Waals surface area contributed by atoms with Crippen LogP contribution in [0.5, 0.6) is 0 Å². The highest BCUT2D eigenvalue weighted by Crippen LogP contribution is 2.11. The third-order valence-corrected chi connectivity index (χ3v) is 2.87. The van der Waals surface area contributed by atoms with Crippen LogP contribution >= 0.6 is 11.3 Å². The Labute approximate surface area is 108 Å². The maximum Gasteiger partial charge on any atom is 0.286 e. The fourth-order valence-corrected chi connectivity index (χ4v) is 1.93. The summed E-state index contributed by atoms with van der Waals surface area (Å²) in [5.41, 5.74) is 0.780. The molecule has 2 aromatic heterocycles. The molecule has 0 spiro atoms. The van der Waals surface area contributed by atoms with Gasteiger partial charge in [-0.1, -0.05) is 0 Å². The third kappa shape index (κ3) is 3.46. The van der Waals surface area contributed by atoms with E-state index < -0.39 is 0 Å². The predicted molar refractivity (Wildman–Crippen MR) is 68.6 cm³/mol. The van der Waals surface area contributed by atoms with Crippen LogP contribution in [0, 0.1) is 0 Å². The monoisotopic (exact) mass is 264 g/mol. The zero-order chi connectivity index (χ0) is 12.8. The molecule has 5 nitrogen and oxygen atoms in total. The zero-order valence-corrected chi connectivity index (χ0v) is 10.3. The number of anilines is 1. The lowest BCUT2D eigenvalue weighted by Crippen LogP contribution is -2.27. The molecule has 0 atom stereocenters. The van der Waals surface area contributed by atoms with Crippen LogP contribution in [0.2, 0.25) is 0 Å². The number of hydrogen-bond acceptors (Lipinski definition) is 4. The molecule has 94 valence electrons. The summed E-state index contributed by atoms with van der Waals surface area (Å²) >= 11 is 1.51. The fraction of sp³-hybridized carbons (Fsp3) is 0.167. The van der Waals surface area contributed by atoms with E-state index in [0.717, 1.165) is 5.69 Å². The summed E-state index contributed by atoms with van der Waals surface area (Å²) in [6, 6.07) is 5.03. The summed E-state index contributed by atoms with van der Waals surface area (Å²) in [5, 5.41) is 9.06. The van der Waals surface area contributed by atoms with Crippen molar-refractivity contribution in [1.82, 2.24) is 5.32 Å². The van der Waals surface area contributed by atoms with Crippen LogP contribution in [0.25, 0.3) is 0 Å². The predicted octanol–water partition coefficient (Wildman–Crippen LogP) is 2.10. The summed E-state index contributed by atoms with van der Waals surface area (Å²) in [5.74, 6) is -0.204. The Morgan fingerprint density at radius 2 is 2.22 bits per heavy atom. The number of thiophene rings is 1. The molecule has 0 radical (unpaired) electrons. The van der Waals surface area contributed by atoms with Crippen LogP contribution in [0.4, 0.5) is 5.69 Å². The molecule has 0 saturated carbocycles. The minimum Gasteiger partial charge on any atom is -0.459 e.